The number of aromatic nitrogens is 2. The molecular formula is C26H23N3O3S. The summed E-state index contributed by atoms with van der Waals surface area (Å²) in [6.07, 6.45) is 3.43. The number of hydrogen-bond acceptors (Lipinski definition) is 5. The molecule has 0 N–H and O–H groups in total. The van der Waals surface area contributed by atoms with Crippen LogP contribution in [0.5, 0.6) is 5.75 Å². The fourth-order valence-corrected chi connectivity index (χ4v) is 5.38. The number of nitrogens with zero attached hydrogens (tertiary/aromatic N) is 3. The molecule has 6 nitrogen and oxygen atoms in total. The number of pyridine rings is 1. The van der Waals surface area contributed by atoms with Gasteiger partial charge in [-0.05, 0) is 54.4 Å². The van der Waals surface area contributed by atoms with Crippen LogP contribution in [0.3, 0.4) is 0 Å². The van der Waals surface area contributed by atoms with Gasteiger partial charge in [0.1, 0.15) is 29.3 Å². The second-order valence-electron chi connectivity index (χ2n) is 7.99. The van der Waals surface area contributed by atoms with Crippen molar-refractivity contribution in [2.24, 2.45) is 0 Å². The Kier molecular flexibility index (Phi) is 6.05. The van der Waals surface area contributed by atoms with E-state index in [1.807, 2.05) is 67.6 Å². The van der Waals surface area contributed by atoms with E-state index in [0.29, 0.717) is 35.1 Å². The Balaban J connectivity index is 1.53. The van der Waals surface area contributed by atoms with Gasteiger partial charge in [-0.1, -0.05) is 24.3 Å². The van der Waals surface area contributed by atoms with Gasteiger partial charge >= 0.3 is 0 Å². The summed E-state index contributed by atoms with van der Waals surface area (Å²) in [5.74, 6) is 0.595. The Hall–Kier alpha value is -3.31. The highest BCUT2D eigenvalue weighted by atomic mass is 32.2. The van der Waals surface area contributed by atoms with Gasteiger partial charge in [0.25, 0.3) is 0 Å². The van der Waals surface area contributed by atoms with Crippen molar-refractivity contribution in [1.82, 2.24) is 8.96 Å². The second kappa shape index (κ2) is 9.28. The number of aryl methyl sites for hydroxylation is 1. The SMILES string of the molecule is Cc1cc2c(-c3ccc(OC4CCOCC4)c(C#N)c3)ccnc2n1[S+]([O-])c1ccccc1. The molecule has 0 radical (unpaired) electrons. The minimum absolute atomic E-state index is 0.0639. The lowest BCUT2D eigenvalue weighted by molar-refractivity contribution is 0.0254. The standard InChI is InChI=1S/C26H23N3O3S/c1-18-15-24-23(9-12-28-26(24)29(18)33(30)22-5-3-2-4-6-22)19-7-8-25(20(16-19)17-27)32-21-10-13-31-14-11-21/h2-9,12,15-16,21H,10-11,13-14H2,1H3. The second-order valence-corrected chi connectivity index (χ2v) is 9.33. The van der Waals surface area contributed by atoms with Crippen LogP contribution >= 0.6 is 0 Å². The lowest BCUT2D eigenvalue weighted by atomic mass is 10.0. The molecule has 1 fully saturated rings. The largest absolute Gasteiger partial charge is 0.587 e. The first kappa shape index (κ1) is 21.5. The third-order valence-corrected chi connectivity index (χ3v) is 7.29. The van der Waals surface area contributed by atoms with Crippen LogP contribution in [0, 0.1) is 18.3 Å². The smallest absolute Gasteiger partial charge is 0.187 e. The molecule has 0 amide bonds. The number of fused-ring (bicyclic) bond motifs is 1. The molecule has 0 bridgehead atoms. The normalized spacial score (nSPS) is 15.3. The Labute approximate surface area is 195 Å². The summed E-state index contributed by atoms with van der Waals surface area (Å²) in [7, 11) is 0. The number of rotatable bonds is 5. The molecule has 1 unspecified atom stereocenters. The zero-order valence-corrected chi connectivity index (χ0v) is 19.0. The third kappa shape index (κ3) is 4.21. The first-order valence-corrected chi connectivity index (χ1v) is 12.0. The first-order valence-electron chi connectivity index (χ1n) is 10.9. The van der Waals surface area contributed by atoms with Crippen LogP contribution < -0.4 is 4.74 Å². The van der Waals surface area contributed by atoms with Crippen LogP contribution in [0.15, 0.2) is 71.8 Å². The van der Waals surface area contributed by atoms with E-state index in [2.05, 4.69) is 11.1 Å². The monoisotopic (exact) mass is 457 g/mol. The van der Waals surface area contributed by atoms with E-state index in [0.717, 1.165) is 35.0 Å². The van der Waals surface area contributed by atoms with Gasteiger partial charge < -0.3 is 14.0 Å². The Morgan fingerprint density at radius 1 is 1.12 bits per heavy atom. The molecule has 0 spiro atoms. The summed E-state index contributed by atoms with van der Waals surface area (Å²) in [5, 5.41) is 10.7. The zero-order chi connectivity index (χ0) is 22.8. The molecule has 166 valence electrons. The van der Waals surface area contributed by atoms with E-state index in [9.17, 15) is 9.81 Å². The maximum absolute atomic E-state index is 13.3. The van der Waals surface area contributed by atoms with Crippen molar-refractivity contribution in [2.75, 3.05) is 13.2 Å². The van der Waals surface area contributed by atoms with Crippen LogP contribution in [0.2, 0.25) is 0 Å². The number of nitriles is 1. The van der Waals surface area contributed by atoms with Gasteiger partial charge in [0.2, 0.25) is 0 Å². The minimum atomic E-state index is -1.41. The van der Waals surface area contributed by atoms with Crippen LogP contribution in [0.4, 0.5) is 0 Å². The van der Waals surface area contributed by atoms with Gasteiger partial charge in [-0.15, -0.1) is 3.97 Å². The molecular weight excluding hydrogens is 434 g/mol. The number of benzene rings is 2. The fraction of sp³-hybridized carbons (Fsp3) is 0.231. The molecule has 0 saturated carbocycles. The highest BCUT2D eigenvalue weighted by Gasteiger charge is 2.23. The molecule has 3 heterocycles. The highest BCUT2D eigenvalue weighted by Crippen LogP contribution is 2.34. The summed E-state index contributed by atoms with van der Waals surface area (Å²) in [5.41, 5.74) is 3.82. The maximum Gasteiger partial charge on any atom is 0.187 e. The molecule has 2 aromatic heterocycles. The van der Waals surface area contributed by atoms with Crippen molar-refractivity contribution < 1.29 is 14.0 Å². The summed E-state index contributed by atoms with van der Waals surface area (Å²) in [4.78, 5) is 5.26. The summed E-state index contributed by atoms with van der Waals surface area (Å²) in [6.45, 7) is 3.29. The van der Waals surface area contributed by atoms with Gasteiger partial charge in [0, 0.05) is 24.4 Å². The average molecular weight is 458 g/mol. The average Bonchev–Trinajstić information content (AvgIpc) is 3.21. The van der Waals surface area contributed by atoms with Gasteiger partial charge in [-0.3, -0.25) is 0 Å². The van der Waals surface area contributed by atoms with E-state index in [-0.39, 0.29) is 6.10 Å². The number of ether oxygens (including phenoxy) is 2. The highest BCUT2D eigenvalue weighted by molar-refractivity contribution is 7.90. The lowest BCUT2D eigenvalue weighted by Gasteiger charge is -2.23. The lowest BCUT2D eigenvalue weighted by Crippen LogP contribution is -2.26. The van der Waals surface area contributed by atoms with Gasteiger partial charge in [-0.2, -0.15) is 5.26 Å². The van der Waals surface area contributed by atoms with Crippen LogP contribution in [-0.2, 0) is 16.1 Å². The molecule has 1 saturated heterocycles. The molecule has 7 heteroatoms. The maximum atomic E-state index is 13.3. The summed E-state index contributed by atoms with van der Waals surface area (Å²) >= 11 is -1.41. The summed E-state index contributed by atoms with van der Waals surface area (Å²) < 4.78 is 26.5. The van der Waals surface area contributed by atoms with E-state index >= 15 is 0 Å². The summed E-state index contributed by atoms with van der Waals surface area (Å²) in [6, 6.07) is 21.2. The van der Waals surface area contributed by atoms with E-state index < -0.39 is 11.4 Å². The Bertz CT molecular complexity index is 1320. The number of hydrogen-bond donors (Lipinski definition) is 0. The van der Waals surface area contributed by atoms with Gasteiger partial charge in [0.05, 0.1) is 24.5 Å². The van der Waals surface area contributed by atoms with E-state index in [1.54, 1.807) is 10.2 Å². The molecule has 1 aliphatic rings. The minimum Gasteiger partial charge on any atom is -0.587 e. The van der Waals surface area contributed by atoms with Crippen LogP contribution in [-0.4, -0.2) is 32.8 Å². The zero-order valence-electron chi connectivity index (χ0n) is 18.2. The molecule has 1 atom stereocenters. The fourth-order valence-electron chi connectivity index (χ4n) is 4.17. The van der Waals surface area contributed by atoms with Crippen molar-refractivity contribution in [3.05, 3.63) is 78.1 Å². The van der Waals surface area contributed by atoms with Crippen LogP contribution in [0.1, 0.15) is 24.1 Å². The van der Waals surface area contributed by atoms with Crippen molar-refractivity contribution in [3.8, 4) is 22.9 Å². The van der Waals surface area contributed by atoms with Crippen LogP contribution in [0.25, 0.3) is 22.2 Å². The first-order chi connectivity index (χ1) is 16.2. The Morgan fingerprint density at radius 3 is 2.67 bits per heavy atom. The van der Waals surface area contributed by atoms with Crippen molar-refractivity contribution in [3.63, 3.8) is 0 Å². The van der Waals surface area contributed by atoms with Crippen molar-refractivity contribution in [1.29, 1.82) is 5.26 Å². The van der Waals surface area contributed by atoms with E-state index in [1.165, 1.54) is 0 Å². The predicted octanol–water partition coefficient (Wildman–Crippen LogP) is 5.01. The molecule has 0 aliphatic carbocycles. The predicted molar refractivity (Wildman–Crippen MR) is 127 cm³/mol. The Morgan fingerprint density at radius 2 is 1.91 bits per heavy atom. The molecule has 5 rings (SSSR count). The molecule has 33 heavy (non-hydrogen) atoms. The van der Waals surface area contributed by atoms with Crippen molar-refractivity contribution >= 4 is 22.4 Å². The van der Waals surface area contributed by atoms with Gasteiger partial charge in [-0.25, -0.2) is 4.98 Å². The van der Waals surface area contributed by atoms with E-state index in [4.69, 9.17) is 9.47 Å². The molecule has 4 aromatic rings. The molecule has 1 aliphatic heterocycles. The third-order valence-electron chi connectivity index (χ3n) is 5.82. The molecule has 2 aromatic carbocycles. The van der Waals surface area contributed by atoms with Crippen molar-refractivity contribution in [2.45, 2.75) is 30.8 Å². The topological polar surface area (TPSA) is 83.1 Å². The quantitative estimate of drug-likeness (QED) is 0.393. The van der Waals surface area contributed by atoms with Gasteiger partial charge in [0.15, 0.2) is 10.5 Å².